The minimum Gasteiger partial charge on any atom is -0.507 e. The molecule has 0 saturated carbocycles. The second-order valence-electron chi connectivity index (χ2n) is 6.74. The summed E-state index contributed by atoms with van der Waals surface area (Å²) < 4.78 is 28.1. The molecule has 4 nitrogen and oxygen atoms in total. The molecule has 152 valence electrons. The summed E-state index contributed by atoms with van der Waals surface area (Å²) >= 11 is 4.62. The van der Waals surface area contributed by atoms with Crippen LogP contribution in [-0.4, -0.2) is 16.8 Å². The van der Waals surface area contributed by atoms with Crippen LogP contribution in [0.3, 0.4) is 0 Å². The van der Waals surface area contributed by atoms with Crippen LogP contribution in [0.1, 0.15) is 22.0 Å². The van der Waals surface area contributed by atoms with Gasteiger partial charge < -0.3 is 5.11 Å². The second kappa shape index (κ2) is 7.77. The van der Waals surface area contributed by atoms with E-state index in [0.29, 0.717) is 10.4 Å². The number of aliphatic hydroxyl groups is 1. The normalized spacial score (nSPS) is 18.3. The highest BCUT2D eigenvalue weighted by atomic mass is 79.9. The van der Waals surface area contributed by atoms with Crippen LogP contribution in [-0.2, 0) is 9.59 Å². The fourth-order valence-corrected chi connectivity index (χ4v) is 4.70. The molecule has 1 aliphatic heterocycles. The monoisotopic (exact) mass is 489 g/mol. The van der Waals surface area contributed by atoms with Gasteiger partial charge in [-0.3, -0.25) is 14.5 Å². The van der Waals surface area contributed by atoms with E-state index in [2.05, 4.69) is 15.9 Å². The first kappa shape index (κ1) is 20.4. The first-order valence-electron chi connectivity index (χ1n) is 8.85. The van der Waals surface area contributed by atoms with Crippen LogP contribution in [0.5, 0.6) is 0 Å². The summed E-state index contributed by atoms with van der Waals surface area (Å²) in [6, 6.07) is 10.5. The Morgan fingerprint density at radius 3 is 2.37 bits per heavy atom. The van der Waals surface area contributed by atoms with Crippen LogP contribution < -0.4 is 4.90 Å². The minimum atomic E-state index is -1.14. The van der Waals surface area contributed by atoms with Crippen LogP contribution in [0.15, 0.2) is 64.0 Å². The van der Waals surface area contributed by atoms with E-state index in [9.17, 15) is 23.5 Å². The summed E-state index contributed by atoms with van der Waals surface area (Å²) in [4.78, 5) is 27.6. The number of nitrogens with zero attached hydrogens (tertiary/aromatic N) is 1. The van der Waals surface area contributed by atoms with Crippen molar-refractivity contribution in [3.05, 3.63) is 91.6 Å². The molecule has 0 radical (unpaired) electrons. The van der Waals surface area contributed by atoms with Crippen molar-refractivity contribution in [2.75, 3.05) is 4.90 Å². The number of rotatable bonds is 3. The molecule has 1 aliphatic rings. The summed E-state index contributed by atoms with van der Waals surface area (Å²) in [7, 11) is 0. The maximum Gasteiger partial charge on any atom is 0.300 e. The fourth-order valence-electron chi connectivity index (χ4n) is 3.41. The van der Waals surface area contributed by atoms with E-state index in [0.717, 1.165) is 27.1 Å². The van der Waals surface area contributed by atoms with Gasteiger partial charge in [0.25, 0.3) is 11.7 Å². The van der Waals surface area contributed by atoms with E-state index >= 15 is 0 Å². The maximum absolute atomic E-state index is 13.9. The number of carbonyl (C=O) groups is 2. The van der Waals surface area contributed by atoms with Gasteiger partial charge in [-0.25, -0.2) is 8.78 Å². The standard InChI is InChI=1S/C22H14BrF2NO3S/c1-11-8-9-30-21(11)18-17(19(27)12-2-4-13(23)5-3-12)20(28)22(29)26(18)14-6-7-15(24)16(25)10-14/h2-10,18,27H,1H3/b19-17-. The molecule has 1 amide bonds. The third-order valence-electron chi connectivity index (χ3n) is 4.89. The first-order chi connectivity index (χ1) is 14.3. The van der Waals surface area contributed by atoms with Crippen molar-refractivity contribution in [3.63, 3.8) is 0 Å². The number of Topliss-reactive ketones (excluding diaryl/α,β-unsaturated/α-hetero) is 1. The van der Waals surface area contributed by atoms with Gasteiger partial charge in [-0.15, -0.1) is 11.3 Å². The van der Waals surface area contributed by atoms with E-state index in [1.54, 1.807) is 29.6 Å². The van der Waals surface area contributed by atoms with Crippen LogP contribution >= 0.6 is 27.3 Å². The summed E-state index contributed by atoms with van der Waals surface area (Å²) in [6.45, 7) is 1.82. The molecule has 1 N–H and O–H groups in total. The number of carbonyl (C=O) groups excluding carboxylic acids is 2. The second-order valence-corrected chi connectivity index (χ2v) is 8.61. The van der Waals surface area contributed by atoms with Crippen molar-refractivity contribution in [2.45, 2.75) is 13.0 Å². The van der Waals surface area contributed by atoms with Gasteiger partial charge in [-0.1, -0.05) is 28.1 Å². The number of halogens is 3. The lowest BCUT2D eigenvalue weighted by atomic mass is 9.98. The van der Waals surface area contributed by atoms with Crippen LogP contribution in [0.2, 0.25) is 0 Å². The van der Waals surface area contributed by atoms with E-state index in [-0.39, 0.29) is 17.0 Å². The molecular formula is C22H14BrF2NO3S. The Morgan fingerprint density at radius 2 is 1.77 bits per heavy atom. The SMILES string of the molecule is Cc1ccsc1C1/C(=C(/O)c2ccc(Br)cc2)C(=O)C(=O)N1c1ccc(F)c(F)c1. The van der Waals surface area contributed by atoms with Gasteiger partial charge in [0.2, 0.25) is 0 Å². The molecule has 1 fully saturated rings. The molecule has 0 spiro atoms. The zero-order valence-electron chi connectivity index (χ0n) is 15.5. The van der Waals surface area contributed by atoms with Crippen LogP contribution in [0.25, 0.3) is 5.76 Å². The van der Waals surface area contributed by atoms with Crippen molar-refractivity contribution in [2.24, 2.45) is 0 Å². The summed E-state index contributed by atoms with van der Waals surface area (Å²) in [5, 5.41) is 12.8. The molecule has 1 aromatic heterocycles. The highest BCUT2D eigenvalue weighted by Gasteiger charge is 2.48. The highest BCUT2D eigenvalue weighted by molar-refractivity contribution is 9.10. The first-order valence-corrected chi connectivity index (χ1v) is 10.5. The maximum atomic E-state index is 13.9. The van der Waals surface area contributed by atoms with Gasteiger partial charge in [0.15, 0.2) is 11.6 Å². The Kier molecular flexibility index (Phi) is 5.29. The molecule has 8 heteroatoms. The Bertz CT molecular complexity index is 1200. The average Bonchev–Trinajstić information content (AvgIpc) is 3.25. The van der Waals surface area contributed by atoms with Crippen molar-refractivity contribution >= 4 is 50.4 Å². The lowest BCUT2D eigenvalue weighted by Crippen LogP contribution is -2.29. The number of aliphatic hydroxyl groups excluding tert-OH is 1. The molecule has 1 unspecified atom stereocenters. The number of hydrogen-bond acceptors (Lipinski definition) is 4. The number of benzene rings is 2. The Balaban J connectivity index is 1.95. The number of aryl methyl sites for hydroxylation is 1. The van der Waals surface area contributed by atoms with Crippen molar-refractivity contribution in [3.8, 4) is 0 Å². The smallest absolute Gasteiger partial charge is 0.300 e. The zero-order chi connectivity index (χ0) is 21.6. The van der Waals surface area contributed by atoms with Gasteiger partial charge >= 0.3 is 0 Å². The van der Waals surface area contributed by atoms with Crippen molar-refractivity contribution in [1.82, 2.24) is 0 Å². The topological polar surface area (TPSA) is 57.6 Å². The zero-order valence-corrected chi connectivity index (χ0v) is 17.9. The van der Waals surface area contributed by atoms with Crippen LogP contribution in [0.4, 0.5) is 14.5 Å². The summed E-state index contributed by atoms with van der Waals surface area (Å²) in [5.41, 5.74) is 1.10. The van der Waals surface area contributed by atoms with Gasteiger partial charge in [0, 0.05) is 26.7 Å². The number of anilines is 1. The lowest BCUT2D eigenvalue weighted by molar-refractivity contribution is -0.132. The average molecular weight is 490 g/mol. The third-order valence-corrected chi connectivity index (χ3v) is 6.49. The predicted octanol–water partition coefficient (Wildman–Crippen LogP) is 5.72. The lowest BCUT2D eigenvalue weighted by Gasteiger charge is -2.25. The van der Waals surface area contributed by atoms with Crippen molar-refractivity contribution < 1.29 is 23.5 Å². The van der Waals surface area contributed by atoms with Gasteiger partial charge in [-0.05, 0) is 48.2 Å². The Hall–Kier alpha value is -2.84. The molecule has 30 heavy (non-hydrogen) atoms. The van der Waals surface area contributed by atoms with E-state index in [1.165, 1.54) is 17.4 Å². The van der Waals surface area contributed by atoms with E-state index in [1.807, 2.05) is 13.0 Å². The number of ketones is 1. The van der Waals surface area contributed by atoms with Crippen LogP contribution in [0, 0.1) is 18.6 Å². The third kappa shape index (κ3) is 3.36. The van der Waals surface area contributed by atoms with Crippen molar-refractivity contribution in [1.29, 1.82) is 0 Å². The molecule has 0 bridgehead atoms. The minimum absolute atomic E-state index is 0.0312. The molecule has 1 atom stereocenters. The summed E-state index contributed by atoms with van der Waals surface area (Å²) in [6.07, 6.45) is 0. The Labute approximate surface area is 183 Å². The Morgan fingerprint density at radius 1 is 1.07 bits per heavy atom. The molecule has 1 saturated heterocycles. The molecule has 2 aromatic carbocycles. The quantitative estimate of drug-likeness (QED) is 0.290. The van der Waals surface area contributed by atoms with E-state index in [4.69, 9.17) is 0 Å². The van der Waals surface area contributed by atoms with E-state index < -0.39 is 29.4 Å². The largest absolute Gasteiger partial charge is 0.507 e. The van der Waals surface area contributed by atoms with Gasteiger partial charge in [0.1, 0.15) is 11.8 Å². The molecule has 3 aromatic rings. The molecule has 4 rings (SSSR count). The highest BCUT2D eigenvalue weighted by Crippen LogP contribution is 2.45. The molecular weight excluding hydrogens is 476 g/mol. The number of hydrogen-bond donors (Lipinski definition) is 1. The summed E-state index contributed by atoms with van der Waals surface area (Å²) in [5.74, 6) is -4.34. The van der Waals surface area contributed by atoms with Gasteiger partial charge in [0.05, 0.1) is 5.57 Å². The fraction of sp³-hybridized carbons (Fsp3) is 0.0909. The predicted molar refractivity (Wildman–Crippen MR) is 114 cm³/mol. The number of thiophene rings is 1. The molecule has 0 aliphatic carbocycles. The molecule has 2 heterocycles. The number of amides is 1. The van der Waals surface area contributed by atoms with Gasteiger partial charge in [-0.2, -0.15) is 0 Å².